The molecule has 0 radical (unpaired) electrons. The molecule has 0 saturated carbocycles. The second-order valence-electron chi connectivity index (χ2n) is 5.68. The van der Waals surface area contributed by atoms with Gasteiger partial charge in [0.05, 0.1) is 12.7 Å². The SMILES string of the molecule is COC(=O)c1cccc(Nc2ccnc(C(=O)Nc3c(F)cccc3F)c2)c1. The monoisotopic (exact) mass is 383 g/mol. The number of amides is 1. The van der Waals surface area contributed by atoms with E-state index < -0.39 is 29.2 Å². The summed E-state index contributed by atoms with van der Waals surface area (Å²) in [6, 6.07) is 12.9. The highest BCUT2D eigenvalue weighted by atomic mass is 19.1. The molecule has 0 atom stereocenters. The molecule has 0 aliphatic heterocycles. The first kappa shape index (κ1) is 19.0. The van der Waals surface area contributed by atoms with Gasteiger partial charge in [0.2, 0.25) is 0 Å². The van der Waals surface area contributed by atoms with Gasteiger partial charge in [0.15, 0.2) is 0 Å². The number of hydrogen-bond donors (Lipinski definition) is 2. The van der Waals surface area contributed by atoms with Crippen molar-refractivity contribution >= 4 is 28.9 Å². The number of halogens is 2. The maximum Gasteiger partial charge on any atom is 0.337 e. The van der Waals surface area contributed by atoms with Crippen LogP contribution in [-0.4, -0.2) is 24.0 Å². The Morgan fingerprint density at radius 1 is 0.964 bits per heavy atom. The van der Waals surface area contributed by atoms with Crippen molar-refractivity contribution in [1.82, 2.24) is 4.98 Å². The number of anilines is 3. The summed E-state index contributed by atoms with van der Waals surface area (Å²) >= 11 is 0. The molecule has 0 aliphatic rings. The highest BCUT2D eigenvalue weighted by Gasteiger charge is 2.15. The number of para-hydroxylation sites is 1. The van der Waals surface area contributed by atoms with Gasteiger partial charge in [-0.2, -0.15) is 0 Å². The summed E-state index contributed by atoms with van der Waals surface area (Å²) in [4.78, 5) is 27.8. The highest BCUT2D eigenvalue weighted by molar-refractivity contribution is 6.03. The van der Waals surface area contributed by atoms with Gasteiger partial charge in [0, 0.05) is 17.6 Å². The number of ether oxygens (including phenoxy) is 1. The molecular weight excluding hydrogens is 368 g/mol. The lowest BCUT2D eigenvalue weighted by molar-refractivity contribution is 0.0600. The third kappa shape index (κ3) is 4.29. The summed E-state index contributed by atoms with van der Waals surface area (Å²) in [5.41, 5.74) is 0.849. The fraction of sp³-hybridized carbons (Fsp3) is 0.0500. The molecule has 1 heterocycles. The van der Waals surface area contributed by atoms with Gasteiger partial charge in [0.25, 0.3) is 5.91 Å². The predicted octanol–water partition coefficient (Wildman–Crippen LogP) is 4.14. The Balaban J connectivity index is 1.79. The van der Waals surface area contributed by atoms with Gasteiger partial charge in [-0.05, 0) is 42.5 Å². The molecule has 1 amide bonds. The van der Waals surface area contributed by atoms with E-state index in [1.54, 1.807) is 30.3 Å². The number of aromatic nitrogens is 1. The van der Waals surface area contributed by atoms with E-state index in [0.29, 0.717) is 16.9 Å². The minimum absolute atomic E-state index is 0.0447. The van der Waals surface area contributed by atoms with E-state index in [9.17, 15) is 18.4 Å². The van der Waals surface area contributed by atoms with Crippen LogP contribution in [0.2, 0.25) is 0 Å². The number of nitrogens with one attached hydrogen (secondary N) is 2. The van der Waals surface area contributed by atoms with E-state index >= 15 is 0 Å². The number of esters is 1. The Labute approximate surface area is 159 Å². The molecule has 1 aromatic heterocycles. The number of pyridine rings is 1. The average Bonchev–Trinajstić information content (AvgIpc) is 2.70. The van der Waals surface area contributed by atoms with Gasteiger partial charge in [-0.15, -0.1) is 0 Å². The lowest BCUT2D eigenvalue weighted by Gasteiger charge is -2.10. The van der Waals surface area contributed by atoms with Crippen molar-refractivity contribution in [2.45, 2.75) is 0 Å². The van der Waals surface area contributed by atoms with Crippen LogP contribution in [0.15, 0.2) is 60.8 Å². The fourth-order valence-electron chi connectivity index (χ4n) is 2.44. The summed E-state index contributed by atoms with van der Waals surface area (Å²) in [6.07, 6.45) is 1.37. The van der Waals surface area contributed by atoms with Crippen molar-refractivity contribution in [2.75, 3.05) is 17.7 Å². The molecular formula is C20H15F2N3O3. The van der Waals surface area contributed by atoms with E-state index in [0.717, 1.165) is 12.1 Å². The number of carbonyl (C=O) groups is 2. The largest absolute Gasteiger partial charge is 0.465 e. The van der Waals surface area contributed by atoms with Crippen LogP contribution in [0.1, 0.15) is 20.8 Å². The molecule has 0 spiro atoms. The maximum atomic E-state index is 13.7. The van der Waals surface area contributed by atoms with Crippen LogP contribution in [-0.2, 0) is 4.74 Å². The second-order valence-corrected chi connectivity index (χ2v) is 5.68. The third-order valence-corrected chi connectivity index (χ3v) is 3.77. The summed E-state index contributed by atoms with van der Waals surface area (Å²) < 4.78 is 32.1. The smallest absolute Gasteiger partial charge is 0.337 e. The Bertz CT molecular complexity index is 1020. The van der Waals surface area contributed by atoms with Crippen molar-refractivity contribution in [3.8, 4) is 0 Å². The van der Waals surface area contributed by atoms with Gasteiger partial charge in [-0.1, -0.05) is 12.1 Å². The predicted molar refractivity (Wildman–Crippen MR) is 99.6 cm³/mol. The molecule has 0 fully saturated rings. The van der Waals surface area contributed by atoms with Crippen molar-refractivity contribution in [3.63, 3.8) is 0 Å². The first-order valence-electron chi connectivity index (χ1n) is 8.15. The van der Waals surface area contributed by atoms with Crippen LogP contribution < -0.4 is 10.6 Å². The van der Waals surface area contributed by atoms with Crippen molar-refractivity contribution in [1.29, 1.82) is 0 Å². The molecule has 142 valence electrons. The molecule has 28 heavy (non-hydrogen) atoms. The zero-order chi connectivity index (χ0) is 20.1. The molecule has 0 bridgehead atoms. The molecule has 0 unspecified atom stereocenters. The molecule has 0 aliphatic carbocycles. The van der Waals surface area contributed by atoms with Crippen molar-refractivity contribution < 1.29 is 23.1 Å². The molecule has 6 nitrogen and oxygen atoms in total. The van der Waals surface area contributed by atoms with Gasteiger partial charge in [-0.25, -0.2) is 13.6 Å². The molecule has 3 aromatic rings. The third-order valence-electron chi connectivity index (χ3n) is 3.77. The molecule has 8 heteroatoms. The van der Waals surface area contributed by atoms with E-state index in [2.05, 4.69) is 20.4 Å². The zero-order valence-corrected chi connectivity index (χ0v) is 14.7. The van der Waals surface area contributed by atoms with Crippen LogP contribution in [0.4, 0.5) is 25.8 Å². The topological polar surface area (TPSA) is 80.3 Å². The molecule has 0 saturated heterocycles. The number of nitrogens with zero attached hydrogens (tertiary/aromatic N) is 1. The van der Waals surface area contributed by atoms with Gasteiger partial charge in [0.1, 0.15) is 23.0 Å². The molecule has 2 aromatic carbocycles. The summed E-state index contributed by atoms with van der Waals surface area (Å²) in [5.74, 6) is -3.02. The molecule has 3 rings (SSSR count). The Morgan fingerprint density at radius 3 is 2.36 bits per heavy atom. The Hall–Kier alpha value is -3.81. The summed E-state index contributed by atoms with van der Waals surface area (Å²) in [7, 11) is 1.29. The minimum atomic E-state index is -0.887. The van der Waals surface area contributed by atoms with E-state index in [-0.39, 0.29) is 5.69 Å². The average molecular weight is 383 g/mol. The lowest BCUT2D eigenvalue weighted by Crippen LogP contribution is -2.16. The number of benzene rings is 2. The van der Waals surface area contributed by atoms with Crippen LogP contribution in [0.25, 0.3) is 0 Å². The Kier molecular flexibility index (Phi) is 5.59. The number of methoxy groups -OCH3 is 1. The molecule has 2 N–H and O–H groups in total. The zero-order valence-electron chi connectivity index (χ0n) is 14.7. The normalized spacial score (nSPS) is 10.2. The fourth-order valence-corrected chi connectivity index (χ4v) is 2.44. The van der Waals surface area contributed by atoms with Crippen LogP contribution in [0.3, 0.4) is 0 Å². The van der Waals surface area contributed by atoms with Crippen LogP contribution in [0.5, 0.6) is 0 Å². The first-order valence-corrected chi connectivity index (χ1v) is 8.15. The first-order chi connectivity index (χ1) is 13.5. The summed E-state index contributed by atoms with van der Waals surface area (Å²) in [5, 5.41) is 5.21. The van der Waals surface area contributed by atoms with Crippen LogP contribution >= 0.6 is 0 Å². The van der Waals surface area contributed by atoms with Gasteiger partial charge < -0.3 is 15.4 Å². The van der Waals surface area contributed by atoms with Crippen molar-refractivity contribution in [3.05, 3.63) is 83.7 Å². The van der Waals surface area contributed by atoms with Gasteiger partial charge in [-0.3, -0.25) is 9.78 Å². The van der Waals surface area contributed by atoms with Crippen molar-refractivity contribution in [2.24, 2.45) is 0 Å². The maximum absolute atomic E-state index is 13.7. The van der Waals surface area contributed by atoms with E-state index in [1.165, 1.54) is 25.4 Å². The standard InChI is InChI=1S/C20H15F2N3O3/c1-28-20(27)12-4-2-5-13(10-12)24-14-8-9-23-17(11-14)19(26)25-18-15(21)6-3-7-16(18)22/h2-11H,1H3,(H,23,24)(H,25,26). The second kappa shape index (κ2) is 8.26. The number of rotatable bonds is 5. The van der Waals surface area contributed by atoms with E-state index in [1.807, 2.05) is 0 Å². The Morgan fingerprint density at radius 2 is 1.64 bits per heavy atom. The lowest BCUT2D eigenvalue weighted by atomic mass is 10.2. The minimum Gasteiger partial charge on any atom is -0.465 e. The summed E-state index contributed by atoms with van der Waals surface area (Å²) in [6.45, 7) is 0. The number of hydrogen-bond acceptors (Lipinski definition) is 5. The van der Waals surface area contributed by atoms with E-state index in [4.69, 9.17) is 0 Å². The van der Waals surface area contributed by atoms with Gasteiger partial charge >= 0.3 is 5.97 Å². The highest BCUT2D eigenvalue weighted by Crippen LogP contribution is 2.21. The quantitative estimate of drug-likeness (QED) is 0.647. The van der Waals surface area contributed by atoms with Crippen LogP contribution in [0, 0.1) is 11.6 Å². The number of carbonyl (C=O) groups excluding carboxylic acids is 2.